The fraction of sp³-hybridized carbons (Fsp3) is 0.615. The normalized spacial score (nSPS) is 11.8. The molecule has 0 aliphatic heterocycles. The lowest BCUT2D eigenvalue weighted by Crippen LogP contribution is -2.18. The molecule has 0 unspecified atom stereocenters. The number of ketones is 1. The predicted molar refractivity (Wildman–Crippen MR) is 77.8 cm³/mol. The third-order valence-electron chi connectivity index (χ3n) is 2.79. The number of carbonyl (C=O) groups excluding carboxylic acids is 1. The van der Waals surface area contributed by atoms with Crippen LogP contribution in [0.3, 0.4) is 0 Å². The van der Waals surface area contributed by atoms with E-state index in [-0.39, 0.29) is 0 Å². The summed E-state index contributed by atoms with van der Waals surface area (Å²) in [5.74, 6) is -0.475. The quantitative estimate of drug-likeness (QED) is 0.394. The lowest BCUT2D eigenvalue weighted by molar-refractivity contribution is 0.0996. The van der Waals surface area contributed by atoms with Crippen molar-refractivity contribution in [3.8, 4) is 0 Å². The van der Waals surface area contributed by atoms with Gasteiger partial charge in [0, 0.05) is 24.5 Å². The second-order valence-electron chi connectivity index (χ2n) is 4.38. The molecule has 5 heteroatoms. The van der Waals surface area contributed by atoms with E-state index in [1.165, 1.54) is 25.7 Å². The van der Waals surface area contributed by atoms with Crippen molar-refractivity contribution in [2.45, 2.75) is 49.4 Å². The van der Waals surface area contributed by atoms with Gasteiger partial charge in [0.25, 0.3) is 3.79 Å². The lowest BCUT2D eigenvalue weighted by atomic mass is 10.1. The van der Waals surface area contributed by atoms with Gasteiger partial charge in [0.1, 0.15) is 0 Å². The third-order valence-corrected chi connectivity index (χ3v) is 3.30. The van der Waals surface area contributed by atoms with Crippen LogP contribution in [0.1, 0.15) is 49.4 Å². The summed E-state index contributed by atoms with van der Waals surface area (Å²) in [7, 11) is 0. The van der Waals surface area contributed by atoms with Gasteiger partial charge in [-0.3, -0.25) is 4.79 Å². The van der Waals surface area contributed by atoms with Crippen molar-refractivity contribution >= 4 is 40.6 Å². The molecule has 1 rings (SSSR count). The zero-order valence-electron chi connectivity index (χ0n) is 10.5. The Morgan fingerprint density at radius 2 is 1.89 bits per heavy atom. The number of unbranched alkanes of at least 4 members (excludes halogenated alkanes) is 4. The highest BCUT2D eigenvalue weighted by Crippen LogP contribution is 2.30. The Bertz CT molecular complexity index is 382. The highest BCUT2D eigenvalue weighted by atomic mass is 35.6. The van der Waals surface area contributed by atoms with E-state index >= 15 is 0 Å². The van der Waals surface area contributed by atoms with Gasteiger partial charge >= 0.3 is 0 Å². The highest BCUT2D eigenvalue weighted by molar-refractivity contribution is 6.77. The molecule has 1 aromatic heterocycles. The van der Waals surface area contributed by atoms with Crippen LogP contribution in [-0.4, -0.2) is 14.1 Å². The Labute approximate surface area is 123 Å². The summed E-state index contributed by atoms with van der Waals surface area (Å²) < 4.78 is 0.100. The lowest BCUT2D eigenvalue weighted by Gasteiger charge is -2.07. The molecule has 0 N–H and O–H groups in total. The number of hydrogen-bond acceptors (Lipinski definition) is 1. The molecule has 1 heterocycles. The van der Waals surface area contributed by atoms with Crippen LogP contribution in [-0.2, 0) is 6.54 Å². The highest BCUT2D eigenvalue weighted by Gasteiger charge is 2.31. The van der Waals surface area contributed by atoms with E-state index in [0.717, 1.165) is 13.0 Å². The summed E-state index contributed by atoms with van der Waals surface area (Å²) in [5.41, 5.74) is 0.448. The molecule has 0 saturated heterocycles. The zero-order chi connectivity index (χ0) is 13.6. The molecule has 0 aliphatic carbocycles. The van der Waals surface area contributed by atoms with Gasteiger partial charge in [-0.05, 0) is 12.5 Å². The Balaban J connectivity index is 2.42. The molecule has 102 valence electrons. The maximum absolute atomic E-state index is 11.7. The van der Waals surface area contributed by atoms with Gasteiger partial charge in [-0.25, -0.2) is 0 Å². The molecule has 0 amide bonds. The molecule has 18 heavy (non-hydrogen) atoms. The SMILES string of the molecule is CCCCCCCn1ccc(C(=O)C(Cl)(Cl)Cl)c1. The fourth-order valence-corrected chi connectivity index (χ4v) is 2.10. The standard InChI is InChI=1S/C13H18Cl3NO/c1-2-3-4-5-6-8-17-9-7-11(10-17)12(18)13(14,15)16/h7,9-10H,2-6,8H2,1H3. The Hall–Kier alpha value is -0.180. The largest absolute Gasteiger partial charge is 0.354 e. The monoisotopic (exact) mass is 309 g/mol. The van der Waals surface area contributed by atoms with Crippen LogP contribution in [0.4, 0.5) is 0 Å². The van der Waals surface area contributed by atoms with E-state index < -0.39 is 9.58 Å². The maximum atomic E-state index is 11.7. The van der Waals surface area contributed by atoms with Crippen molar-refractivity contribution in [1.82, 2.24) is 4.57 Å². The number of halogens is 3. The predicted octanol–water partition coefficient (Wildman–Crippen LogP) is 5.01. The molecule has 2 nitrogen and oxygen atoms in total. The van der Waals surface area contributed by atoms with E-state index in [1.807, 2.05) is 10.8 Å². The Morgan fingerprint density at radius 1 is 1.22 bits per heavy atom. The molecule has 0 aromatic carbocycles. The number of nitrogens with zero attached hydrogens (tertiary/aromatic N) is 1. The molecular weight excluding hydrogens is 293 g/mol. The molecule has 0 atom stereocenters. The third kappa shape index (κ3) is 5.21. The van der Waals surface area contributed by atoms with Gasteiger partial charge in [0.05, 0.1) is 0 Å². The Kier molecular flexibility index (Phi) is 6.54. The molecule has 0 radical (unpaired) electrons. The van der Waals surface area contributed by atoms with Gasteiger partial charge in [0.15, 0.2) is 0 Å². The minimum atomic E-state index is -1.87. The van der Waals surface area contributed by atoms with E-state index in [1.54, 1.807) is 12.3 Å². The smallest absolute Gasteiger partial charge is 0.253 e. The number of rotatable bonds is 7. The van der Waals surface area contributed by atoms with Gasteiger partial charge in [0.2, 0.25) is 5.78 Å². The second-order valence-corrected chi connectivity index (χ2v) is 6.66. The van der Waals surface area contributed by atoms with Crippen molar-refractivity contribution < 1.29 is 4.79 Å². The molecule has 0 fully saturated rings. The second kappa shape index (κ2) is 7.42. The molecule has 0 aliphatic rings. The van der Waals surface area contributed by atoms with Crippen molar-refractivity contribution in [2.75, 3.05) is 0 Å². The minimum absolute atomic E-state index is 0.448. The summed E-state index contributed by atoms with van der Waals surface area (Å²) in [6.45, 7) is 3.09. The van der Waals surface area contributed by atoms with Gasteiger partial charge < -0.3 is 4.57 Å². The average molecular weight is 311 g/mol. The van der Waals surface area contributed by atoms with Gasteiger partial charge in [-0.1, -0.05) is 67.4 Å². The van der Waals surface area contributed by atoms with Crippen LogP contribution in [0.15, 0.2) is 18.5 Å². The molecular formula is C13H18Cl3NO. The maximum Gasteiger partial charge on any atom is 0.253 e. The van der Waals surface area contributed by atoms with Crippen LogP contribution >= 0.6 is 34.8 Å². The van der Waals surface area contributed by atoms with E-state index in [2.05, 4.69) is 6.92 Å². The van der Waals surface area contributed by atoms with Crippen LogP contribution in [0.5, 0.6) is 0 Å². The summed E-state index contributed by atoms with van der Waals surface area (Å²) in [6.07, 6.45) is 9.69. The summed E-state index contributed by atoms with van der Waals surface area (Å²) in [4.78, 5) is 11.7. The van der Waals surface area contributed by atoms with E-state index in [9.17, 15) is 4.79 Å². The van der Waals surface area contributed by atoms with Crippen LogP contribution in [0, 0.1) is 0 Å². The number of aryl methyl sites for hydroxylation is 1. The van der Waals surface area contributed by atoms with Crippen molar-refractivity contribution in [3.05, 3.63) is 24.0 Å². The molecule has 0 spiro atoms. The number of Topliss-reactive ketones (excluding diaryl/α,β-unsaturated/α-hetero) is 1. The fourth-order valence-electron chi connectivity index (χ4n) is 1.78. The molecule has 0 saturated carbocycles. The summed E-state index contributed by atoms with van der Waals surface area (Å²) in [6, 6.07) is 1.69. The van der Waals surface area contributed by atoms with Crippen molar-refractivity contribution in [1.29, 1.82) is 0 Å². The first-order chi connectivity index (χ1) is 8.45. The minimum Gasteiger partial charge on any atom is -0.354 e. The first kappa shape index (κ1) is 15.9. The number of hydrogen-bond donors (Lipinski definition) is 0. The zero-order valence-corrected chi connectivity index (χ0v) is 12.7. The van der Waals surface area contributed by atoms with Crippen LogP contribution < -0.4 is 0 Å². The molecule has 1 aromatic rings. The molecule has 0 bridgehead atoms. The van der Waals surface area contributed by atoms with Crippen LogP contribution in [0.25, 0.3) is 0 Å². The van der Waals surface area contributed by atoms with Crippen molar-refractivity contribution in [2.24, 2.45) is 0 Å². The topological polar surface area (TPSA) is 22.0 Å². The summed E-state index contributed by atoms with van der Waals surface area (Å²) in [5, 5.41) is 0. The number of aromatic nitrogens is 1. The number of alkyl halides is 3. The summed E-state index contributed by atoms with van der Waals surface area (Å²) >= 11 is 16.7. The Morgan fingerprint density at radius 3 is 2.50 bits per heavy atom. The first-order valence-electron chi connectivity index (χ1n) is 6.22. The van der Waals surface area contributed by atoms with Gasteiger partial charge in [-0.2, -0.15) is 0 Å². The van der Waals surface area contributed by atoms with Crippen molar-refractivity contribution in [3.63, 3.8) is 0 Å². The van der Waals surface area contributed by atoms with Crippen LogP contribution in [0.2, 0.25) is 0 Å². The van der Waals surface area contributed by atoms with E-state index in [4.69, 9.17) is 34.8 Å². The van der Waals surface area contributed by atoms with Gasteiger partial charge in [-0.15, -0.1) is 0 Å². The average Bonchev–Trinajstić information content (AvgIpc) is 2.75. The van der Waals surface area contributed by atoms with E-state index in [0.29, 0.717) is 5.56 Å². The first-order valence-corrected chi connectivity index (χ1v) is 7.36. The number of carbonyl (C=O) groups is 1.